The zero-order valence-corrected chi connectivity index (χ0v) is 17.8. The number of thiophene rings is 1. The first kappa shape index (κ1) is 21.7. The van der Waals surface area contributed by atoms with E-state index in [0.29, 0.717) is 10.9 Å². The minimum atomic E-state index is -1.93. The van der Waals surface area contributed by atoms with Crippen LogP contribution < -0.4 is 5.32 Å². The molecule has 0 fully saturated rings. The monoisotopic (exact) mass is 455 g/mol. The summed E-state index contributed by atoms with van der Waals surface area (Å²) in [5.41, 5.74) is -1.21. The number of hydrogen-bond acceptors (Lipinski definition) is 6. The van der Waals surface area contributed by atoms with E-state index in [1.165, 1.54) is 28.7 Å². The van der Waals surface area contributed by atoms with Crippen LogP contribution in [0.25, 0.3) is 10.4 Å². The summed E-state index contributed by atoms with van der Waals surface area (Å²) >= 11 is 1.27. The van der Waals surface area contributed by atoms with Crippen LogP contribution in [-0.2, 0) is 12.1 Å². The van der Waals surface area contributed by atoms with Crippen LogP contribution in [0, 0.1) is 11.6 Å². The van der Waals surface area contributed by atoms with Crippen LogP contribution in [0.4, 0.5) is 8.78 Å². The first-order valence-electron chi connectivity index (χ1n) is 9.68. The zero-order valence-electron chi connectivity index (χ0n) is 16.9. The van der Waals surface area contributed by atoms with Gasteiger partial charge < -0.3 is 10.4 Å². The van der Waals surface area contributed by atoms with Gasteiger partial charge in [-0.1, -0.05) is 12.1 Å². The summed E-state index contributed by atoms with van der Waals surface area (Å²) in [5.74, 6) is -2.13. The molecule has 164 valence electrons. The average Bonchev–Trinajstić information content (AvgIpc) is 3.46. The summed E-state index contributed by atoms with van der Waals surface area (Å²) in [7, 11) is 0. The minimum Gasteiger partial charge on any atom is -0.381 e. The molecular weight excluding hydrogens is 436 g/mol. The van der Waals surface area contributed by atoms with Gasteiger partial charge in [-0.05, 0) is 31.2 Å². The summed E-state index contributed by atoms with van der Waals surface area (Å²) in [6.07, 6.45) is 6.00. The molecule has 0 aliphatic rings. The number of nitrogens with zero attached hydrogens (tertiary/aromatic N) is 4. The summed E-state index contributed by atoms with van der Waals surface area (Å²) in [5, 5.41) is 18.2. The van der Waals surface area contributed by atoms with Crippen molar-refractivity contribution in [3.63, 3.8) is 0 Å². The Kier molecular flexibility index (Phi) is 6.06. The lowest BCUT2D eigenvalue weighted by molar-refractivity contribution is -0.0185. The van der Waals surface area contributed by atoms with Crippen molar-refractivity contribution in [1.29, 1.82) is 0 Å². The predicted octanol–water partition coefficient (Wildman–Crippen LogP) is 3.39. The maximum absolute atomic E-state index is 14.6. The topological polar surface area (TPSA) is 92.9 Å². The number of benzene rings is 1. The van der Waals surface area contributed by atoms with Crippen LogP contribution in [0.2, 0.25) is 0 Å². The maximum Gasteiger partial charge on any atom is 0.261 e. The normalized spacial score (nSPS) is 14.0. The number of nitrogens with one attached hydrogen (secondary N) is 1. The second-order valence-electron chi connectivity index (χ2n) is 7.24. The summed E-state index contributed by atoms with van der Waals surface area (Å²) in [6.45, 7) is 1.34. The lowest BCUT2D eigenvalue weighted by Gasteiger charge is -2.35. The Labute approximate surface area is 186 Å². The number of aliphatic hydroxyl groups is 1. The van der Waals surface area contributed by atoms with Crippen molar-refractivity contribution < 1.29 is 18.7 Å². The Hall–Kier alpha value is -3.50. The second kappa shape index (κ2) is 8.93. The van der Waals surface area contributed by atoms with Gasteiger partial charge in [0.15, 0.2) is 0 Å². The van der Waals surface area contributed by atoms with Gasteiger partial charge in [-0.25, -0.2) is 18.4 Å². The lowest BCUT2D eigenvalue weighted by Crippen LogP contribution is -2.51. The maximum atomic E-state index is 14.6. The number of hydrogen-bond donors (Lipinski definition) is 2. The summed E-state index contributed by atoms with van der Waals surface area (Å²) in [6, 6.07) is 9.12. The van der Waals surface area contributed by atoms with E-state index in [-0.39, 0.29) is 12.1 Å². The lowest BCUT2D eigenvalue weighted by atomic mass is 9.86. The summed E-state index contributed by atoms with van der Waals surface area (Å²) in [4.78, 5) is 22.1. The quantitative estimate of drug-likeness (QED) is 0.446. The van der Waals surface area contributed by atoms with Crippen LogP contribution in [0.3, 0.4) is 0 Å². The fourth-order valence-electron chi connectivity index (χ4n) is 3.37. The molecule has 0 aliphatic heterocycles. The summed E-state index contributed by atoms with van der Waals surface area (Å²) < 4.78 is 29.4. The van der Waals surface area contributed by atoms with Crippen molar-refractivity contribution in [2.45, 2.75) is 25.1 Å². The molecule has 0 bridgehead atoms. The number of pyridine rings is 1. The Balaban J connectivity index is 1.60. The number of aromatic nitrogens is 4. The van der Waals surface area contributed by atoms with Crippen molar-refractivity contribution in [2.24, 2.45) is 0 Å². The molecule has 3 aromatic heterocycles. The van der Waals surface area contributed by atoms with E-state index in [0.717, 1.165) is 22.6 Å². The largest absolute Gasteiger partial charge is 0.381 e. The van der Waals surface area contributed by atoms with Crippen molar-refractivity contribution >= 4 is 17.2 Å². The Morgan fingerprint density at radius 3 is 2.78 bits per heavy atom. The zero-order chi connectivity index (χ0) is 22.7. The van der Waals surface area contributed by atoms with E-state index in [4.69, 9.17) is 0 Å². The first-order chi connectivity index (χ1) is 15.4. The molecule has 7 nitrogen and oxygen atoms in total. The van der Waals surface area contributed by atoms with E-state index in [9.17, 15) is 18.7 Å². The van der Waals surface area contributed by atoms with Gasteiger partial charge in [-0.2, -0.15) is 5.10 Å². The Bertz CT molecular complexity index is 1220. The molecule has 10 heteroatoms. The molecule has 4 aromatic rings. The van der Waals surface area contributed by atoms with Crippen LogP contribution >= 0.6 is 11.3 Å². The highest BCUT2D eigenvalue weighted by atomic mass is 32.1. The van der Waals surface area contributed by atoms with Gasteiger partial charge in [0.1, 0.15) is 29.9 Å². The number of amides is 1. The molecule has 0 aliphatic carbocycles. The third-order valence-corrected chi connectivity index (χ3v) is 6.24. The molecule has 0 saturated heterocycles. The molecule has 1 amide bonds. The fourth-order valence-corrected chi connectivity index (χ4v) is 4.27. The second-order valence-corrected chi connectivity index (χ2v) is 8.33. The molecule has 2 N–H and O–H groups in total. The van der Waals surface area contributed by atoms with E-state index < -0.39 is 29.2 Å². The van der Waals surface area contributed by atoms with E-state index in [1.807, 2.05) is 12.1 Å². The van der Waals surface area contributed by atoms with Crippen LogP contribution in [0.15, 0.2) is 67.5 Å². The number of carbonyl (C=O) groups excluding carboxylic acids is 1. The van der Waals surface area contributed by atoms with Crippen LogP contribution in [0.5, 0.6) is 0 Å². The van der Waals surface area contributed by atoms with Gasteiger partial charge in [-0.15, -0.1) is 11.3 Å². The van der Waals surface area contributed by atoms with Gasteiger partial charge in [0.2, 0.25) is 0 Å². The number of rotatable bonds is 7. The molecular formula is C22H19F2N5O2S. The standard InChI is InChI=1S/C22H19F2N5O2S/c1-14(28-21(30)20-7-6-19(32-20)15-3-2-8-25-10-15)22(31,11-29-13-26-12-27-29)17-5-4-16(23)9-18(17)24/h2-10,12-14,31H,11H2,1H3,(H,28,30). The highest BCUT2D eigenvalue weighted by Crippen LogP contribution is 2.31. The highest BCUT2D eigenvalue weighted by molar-refractivity contribution is 7.17. The van der Waals surface area contributed by atoms with Crippen molar-refractivity contribution in [1.82, 2.24) is 25.1 Å². The molecule has 0 radical (unpaired) electrons. The number of carbonyl (C=O) groups is 1. The molecule has 32 heavy (non-hydrogen) atoms. The average molecular weight is 455 g/mol. The minimum absolute atomic E-state index is 0.163. The third-order valence-electron chi connectivity index (χ3n) is 5.11. The molecule has 2 unspecified atom stereocenters. The van der Waals surface area contributed by atoms with Gasteiger partial charge in [0.25, 0.3) is 5.91 Å². The smallest absolute Gasteiger partial charge is 0.261 e. The van der Waals surface area contributed by atoms with Crippen LogP contribution in [-0.4, -0.2) is 36.8 Å². The molecule has 2 atom stereocenters. The van der Waals surface area contributed by atoms with Crippen molar-refractivity contribution in [2.75, 3.05) is 0 Å². The van der Waals surface area contributed by atoms with Gasteiger partial charge in [0.05, 0.1) is 17.5 Å². The van der Waals surface area contributed by atoms with Gasteiger partial charge in [-0.3, -0.25) is 9.78 Å². The SMILES string of the molecule is CC(NC(=O)c1ccc(-c2cccnc2)s1)C(O)(Cn1cncn1)c1ccc(F)cc1F. The molecule has 0 saturated carbocycles. The van der Waals surface area contributed by atoms with Gasteiger partial charge >= 0.3 is 0 Å². The Morgan fingerprint density at radius 1 is 1.25 bits per heavy atom. The molecule has 0 spiro atoms. The van der Waals surface area contributed by atoms with Gasteiger partial charge in [0, 0.05) is 34.5 Å². The first-order valence-corrected chi connectivity index (χ1v) is 10.5. The Morgan fingerprint density at radius 2 is 2.09 bits per heavy atom. The van der Waals surface area contributed by atoms with Crippen molar-refractivity contribution in [3.05, 3.63) is 89.6 Å². The predicted molar refractivity (Wildman–Crippen MR) is 115 cm³/mol. The third kappa shape index (κ3) is 4.41. The molecule has 4 rings (SSSR count). The van der Waals surface area contributed by atoms with E-state index in [1.54, 1.807) is 31.5 Å². The highest BCUT2D eigenvalue weighted by Gasteiger charge is 2.40. The molecule has 1 aromatic carbocycles. The van der Waals surface area contributed by atoms with E-state index >= 15 is 0 Å². The van der Waals surface area contributed by atoms with E-state index in [2.05, 4.69) is 20.4 Å². The number of halogens is 2. The van der Waals surface area contributed by atoms with Crippen molar-refractivity contribution in [3.8, 4) is 10.4 Å². The fraction of sp³-hybridized carbons (Fsp3) is 0.182. The van der Waals surface area contributed by atoms with Crippen LogP contribution in [0.1, 0.15) is 22.2 Å². The molecule has 3 heterocycles.